The maximum Gasteiger partial charge on any atom is 0.297 e. The van der Waals surface area contributed by atoms with Crippen LogP contribution in [0.25, 0.3) is 10.9 Å². The number of hydrogen-bond acceptors (Lipinski definition) is 4. The molecule has 1 N–H and O–H groups in total. The van der Waals surface area contributed by atoms with Gasteiger partial charge >= 0.3 is 0 Å². The molecule has 2 heterocycles. The van der Waals surface area contributed by atoms with Gasteiger partial charge in [0.15, 0.2) is 5.82 Å². The summed E-state index contributed by atoms with van der Waals surface area (Å²) in [7, 11) is 0. The summed E-state index contributed by atoms with van der Waals surface area (Å²) in [6.45, 7) is 0.722. The van der Waals surface area contributed by atoms with Gasteiger partial charge in [0, 0.05) is 29.7 Å². The molecule has 0 spiro atoms. The molecule has 1 aliphatic heterocycles. The molecule has 1 saturated heterocycles. The molecular weight excluding hydrogens is 338 g/mol. The van der Waals surface area contributed by atoms with Crippen LogP contribution in [-0.4, -0.2) is 22.4 Å². The largest absolute Gasteiger partial charge is 0.340 e. The Kier molecular flexibility index (Phi) is 4.20. The summed E-state index contributed by atoms with van der Waals surface area (Å²) < 4.78 is 26.2. The SMILES string of the molecule is O=C1CCCN1c1ccc(Nc2nc(C(F)F)nc3ccccc23)cc1. The van der Waals surface area contributed by atoms with Gasteiger partial charge in [-0.3, -0.25) is 4.79 Å². The fourth-order valence-corrected chi connectivity index (χ4v) is 3.07. The van der Waals surface area contributed by atoms with Crippen molar-refractivity contribution in [3.8, 4) is 0 Å². The van der Waals surface area contributed by atoms with Crippen LogP contribution in [0.5, 0.6) is 0 Å². The molecule has 2 aromatic carbocycles. The molecule has 1 aliphatic rings. The molecule has 0 aliphatic carbocycles. The number of amides is 1. The summed E-state index contributed by atoms with van der Waals surface area (Å²) in [6, 6.07) is 14.3. The van der Waals surface area contributed by atoms with Gasteiger partial charge in [-0.2, -0.15) is 0 Å². The van der Waals surface area contributed by atoms with Crippen molar-refractivity contribution in [2.45, 2.75) is 19.3 Å². The van der Waals surface area contributed by atoms with Gasteiger partial charge in [-0.1, -0.05) is 12.1 Å². The summed E-state index contributed by atoms with van der Waals surface area (Å²) in [6.07, 6.45) is -1.31. The highest BCUT2D eigenvalue weighted by molar-refractivity contribution is 5.95. The average Bonchev–Trinajstić information content (AvgIpc) is 3.08. The predicted molar refractivity (Wildman–Crippen MR) is 95.8 cm³/mol. The topological polar surface area (TPSA) is 58.1 Å². The maximum atomic E-state index is 13.1. The molecule has 1 amide bonds. The molecule has 1 fully saturated rings. The third kappa shape index (κ3) is 3.08. The van der Waals surface area contributed by atoms with E-state index < -0.39 is 12.2 Å². The van der Waals surface area contributed by atoms with E-state index in [9.17, 15) is 13.6 Å². The second kappa shape index (κ2) is 6.67. The van der Waals surface area contributed by atoms with E-state index >= 15 is 0 Å². The highest BCUT2D eigenvalue weighted by Crippen LogP contribution is 2.28. The lowest BCUT2D eigenvalue weighted by atomic mass is 10.2. The Labute approximate surface area is 148 Å². The standard InChI is InChI=1S/C19H16F2N4O/c20-17(21)19-23-15-5-2-1-4-14(15)18(24-19)22-12-7-9-13(10-8-12)25-11-3-6-16(25)26/h1-2,4-5,7-10,17H,3,6,11H2,(H,22,23,24). The van der Waals surface area contributed by atoms with Gasteiger partial charge in [-0.05, 0) is 42.8 Å². The zero-order chi connectivity index (χ0) is 18.1. The van der Waals surface area contributed by atoms with Crippen molar-refractivity contribution in [3.05, 3.63) is 54.4 Å². The molecule has 0 radical (unpaired) electrons. The van der Waals surface area contributed by atoms with E-state index in [1.54, 1.807) is 41.3 Å². The highest BCUT2D eigenvalue weighted by atomic mass is 19.3. The van der Waals surface area contributed by atoms with Crippen LogP contribution in [0.3, 0.4) is 0 Å². The van der Waals surface area contributed by atoms with Crippen molar-refractivity contribution in [2.24, 2.45) is 0 Å². The van der Waals surface area contributed by atoms with Crippen molar-refractivity contribution in [1.82, 2.24) is 9.97 Å². The van der Waals surface area contributed by atoms with Gasteiger partial charge < -0.3 is 10.2 Å². The first-order valence-corrected chi connectivity index (χ1v) is 8.34. The van der Waals surface area contributed by atoms with Crippen molar-refractivity contribution < 1.29 is 13.6 Å². The predicted octanol–water partition coefficient (Wildman–Crippen LogP) is 4.44. The van der Waals surface area contributed by atoms with Crippen molar-refractivity contribution in [1.29, 1.82) is 0 Å². The monoisotopic (exact) mass is 354 g/mol. The molecule has 3 aromatic rings. The highest BCUT2D eigenvalue weighted by Gasteiger charge is 2.21. The maximum absolute atomic E-state index is 13.1. The number of hydrogen-bond donors (Lipinski definition) is 1. The normalized spacial score (nSPS) is 14.4. The number of carbonyl (C=O) groups excluding carboxylic acids is 1. The van der Waals surface area contributed by atoms with Crippen LogP contribution in [0.1, 0.15) is 25.1 Å². The second-order valence-electron chi connectivity index (χ2n) is 6.07. The third-order valence-corrected chi connectivity index (χ3v) is 4.33. The third-order valence-electron chi connectivity index (χ3n) is 4.33. The Bertz CT molecular complexity index is 959. The average molecular weight is 354 g/mol. The van der Waals surface area contributed by atoms with E-state index in [4.69, 9.17) is 0 Å². The molecule has 26 heavy (non-hydrogen) atoms. The quantitative estimate of drug-likeness (QED) is 0.753. The lowest BCUT2D eigenvalue weighted by Crippen LogP contribution is -2.23. The van der Waals surface area contributed by atoms with Crippen molar-refractivity contribution >= 4 is 34.0 Å². The number of fused-ring (bicyclic) bond motifs is 1. The zero-order valence-electron chi connectivity index (χ0n) is 13.8. The Balaban J connectivity index is 1.65. The Morgan fingerprint density at radius 1 is 1.04 bits per heavy atom. The van der Waals surface area contributed by atoms with Gasteiger partial charge in [0.05, 0.1) is 5.52 Å². The number of rotatable bonds is 4. The smallest absolute Gasteiger partial charge is 0.297 e. The zero-order valence-corrected chi connectivity index (χ0v) is 13.8. The molecule has 4 rings (SSSR count). The summed E-state index contributed by atoms with van der Waals surface area (Å²) in [5.74, 6) is -0.0598. The van der Waals surface area contributed by atoms with Gasteiger partial charge in [-0.25, -0.2) is 18.7 Å². The molecule has 7 heteroatoms. The number of anilines is 3. The summed E-state index contributed by atoms with van der Waals surface area (Å²) >= 11 is 0. The minimum Gasteiger partial charge on any atom is -0.340 e. The Morgan fingerprint density at radius 2 is 1.81 bits per heavy atom. The number of nitrogens with one attached hydrogen (secondary N) is 1. The first-order chi connectivity index (χ1) is 12.6. The molecular formula is C19H16F2N4O. The fourth-order valence-electron chi connectivity index (χ4n) is 3.07. The van der Waals surface area contributed by atoms with Crippen LogP contribution in [-0.2, 0) is 4.79 Å². The van der Waals surface area contributed by atoms with Crippen LogP contribution in [0.15, 0.2) is 48.5 Å². The molecule has 1 aromatic heterocycles. The fraction of sp³-hybridized carbons (Fsp3) is 0.211. The number of alkyl halides is 2. The van der Waals surface area contributed by atoms with Crippen molar-refractivity contribution in [3.63, 3.8) is 0 Å². The number of benzene rings is 2. The number of para-hydroxylation sites is 1. The first-order valence-electron chi connectivity index (χ1n) is 8.34. The molecule has 132 valence electrons. The van der Waals surface area contributed by atoms with E-state index in [0.717, 1.165) is 18.7 Å². The van der Waals surface area contributed by atoms with Gasteiger partial charge in [0.1, 0.15) is 5.82 Å². The molecule has 0 bridgehead atoms. The van der Waals surface area contributed by atoms with E-state index in [1.165, 1.54) is 0 Å². The summed E-state index contributed by atoms with van der Waals surface area (Å²) in [5.41, 5.74) is 1.99. The molecule has 0 saturated carbocycles. The lowest BCUT2D eigenvalue weighted by molar-refractivity contribution is -0.117. The Morgan fingerprint density at radius 3 is 2.50 bits per heavy atom. The van der Waals surface area contributed by atoms with E-state index in [1.807, 2.05) is 12.1 Å². The molecule has 5 nitrogen and oxygen atoms in total. The minimum atomic E-state index is -2.75. The van der Waals surface area contributed by atoms with E-state index in [0.29, 0.717) is 28.8 Å². The van der Waals surface area contributed by atoms with Gasteiger partial charge in [-0.15, -0.1) is 0 Å². The summed E-state index contributed by atoms with van der Waals surface area (Å²) in [4.78, 5) is 21.4. The molecule has 0 unspecified atom stereocenters. The van der Waals surface area contributed by atoms with Gasteiger partial charge in [0.2, 0.25) is 5.91 Å². The Hall–Kier alpha value is -3.09. The van der Waals surface area contributed by atoms with Crippen LogP contribution < -0.4 is 10.2 Å². The van der Waals surface area contributed by atoms with Crippen LogP contribution in [0.4, 0.5) is 26.0 Å². The first kappa shape index (κ1) is 16.4. The summed E-state index contributed by atoms with van der Waals surface area (Å²) in [5, 5.41) is 3.75. The van der Waals surface area contributed by atoms with Gasteiger partial charge in [0.25, 0.3) is 6.43 Å². The van der Waals surface area contributed by atoms with Crippen LogP contribution in [0.2, 0.25) is 0 Å². The number of aromatic nitrogens is 2. The van der Waals surface area contributed by atoms with E-state index in [2.05, 4.69) is 15.3 Å². The van der Waals surface area contributed by atoms with Crippen LogP contribution in [0, 0.1) is 0 Å². The molecule has 0 atom stereocenters. The van der Waals surface area contributed by atoms with Crippen LogP contribution >= 0.6 is 0 Å². The number of nitrogens with zero attached hydrogens (tertiary/aromatic N) is 3. The van der Waals surface area contributed by atoms with Crippen molar-refractivity contribution in [2.75, 3.05) is 16.8 Å². The minimum absolute atomic E-state index is 0.120. The number of carbonyl (C=O) groups is 1. The lowest BCUT2D eigenvalue weighted by Gasteiger charge is -2.16. The second-order valence-corrected chi connectivity index (χ2v) is 6.07. The number of halogens is 2. The van der Waals surface area contributed by atoms with E-state index in [-0.39, 0.29) is 5.91 Å².